The van der Waals surface area contributed by atoms with Gasteiger partial charge in [0, 0.05) is 24.0 Å². The summed E-state index contributed by atoms with van der Waals surface area (Å²) in [6.45, 7) is 22.9. The first kappa shape index (κ1) is 35.6. The molecule has 0 bridgehead atoms. The molecule has 2 aromatic carbocycles. The van der Waals surface area contributed by atoms with Gasteiger partial charge >= 0.3 is 0 Å². The second-order valence-corrected chi connectivity index (χ2v) is 10.9. The Kier molecular flexibility index (Phi) is 19.3. The highest BCUT2D eigenvalue weighted by atomic mass is 16.5. The maximum absolute atomic E-state index is 11.1. The molecule has 0 saturated carbocycles. The van der Waals surface area contributed by atoms with Gasteiger partial charge in [-0.1, -0.05) is 129 Å². The molecule has 0 spiro atoms. The quantitative estimate of drug-likeness (QED) is 0.172. The van der Waals surface area contributed by atoms with Crippen LogP contribution in [0.15, 0.2) is 73.0 Å². The third kappa shape index (κ3) is 15.8. The number of hydrogen-bond acceptors (Lipinski definition) is 3. The van der Waals surface area contributed by atoms with Gasteiger partial charge in [0.15, 0.2) is 0 Å². The molecule has 38 heavy (non-hydrogen) atoms. The van der Waals surface area contributed by atoms with Crippen LogP contribution in [0.4, 0.5) is 0 Å². The van der Waals surface area contributed by atoms with E-state index in [1.165, 1.54) is 17.5 Å². The van der Waals surface area contributed by atoms with Crippen molar-refractivity contribution >= 4 is 5.78 Å². The van der Waals surface area contributed by atoms with Crippen molar-refractivity contribution in [2.24, 2.45) is 10.8 Å². The van der Waals surface area contributed by atoms with Crippen molar-refractivity contribution in [2.45, 2.75) is 107 Å². The average Bonchev–Trinajstić information content (AvgIpc) is 2.93. The largest absolute Gasteiger partial charge is 0.493 e. The molecule has 214 valence electrons. The molecule has 3 heteroatoms. The zero-order valence-electron chi connectivity index (χ0n) is 25.8. The molecule has 0 amide bonds. The number of allylic oxidation sites excluding steroid dienone is 1. The van der Waals surface area contributed by atoms with Gasteiger partial charge in [0.1, 0.15) is 12.4 Å². The lowest BCUT2D eigenvalue weighted by Crippen LogP contribution is -2.23. The molecule has 0 aliphatic carbocycles. The summed E-state index contributed by atoms with van der Waals surface area (Å²) in [7, 11) is 0. The van der Waals surface area contributed by atoms with Gasteiger partial charge in [0.25, 0.3) is 0 Å². The van der Waals surface area contributed by atoms with E-state index in [-0.39, 0.29) is 10.8 Å². The Labute approximate surface area is 235 Å². The number of rotatable bonds is 15. The van der Waals surface area contributed by atoms with Crippen molar-refractivity contribution in [3.63, 3.8) is 0 Å². The van der Waals surface area contributed by atoms with Gasteiger partial charge in [-0.15, -0.1) is 0 Å². The van der Waals surface area contributed by atoms with Crippen LogP contribution >= 0.6 is 0 Å². The van der Waals surface area contributed by atoms with Crippen molar-refractivity contribution in [3.05, 3.63) is 84.1 Å². The molecule has 0 saturated heterocycles. The molecular weight excluding hydrogens is 468 g/mol. The summed E-state index contributed by atoms with van der Waals surface area (Å²) in [6, 6.07) is 20.6. The van der Waals surface area contributed by atoms with E-state index in [0.29, 0.717) is 12.4 Å². The number of unbranched alkanes of at least 4 members (excludes halogenated alkanes) is 1. The number of carbonyl (C=O) groups excluding carboxylic acids is 1. The first-order chi connectivity index (χ1) is 18.1. The second-order valence-electron chi connectivity index (χ2n) is 10.9. The maximum atomic E-state index is 11.1. The third-order valence-corrected chi connectivity index (χ3v) is 7.21. The fraction of sp³-hybridized carbons (Fsp3) is 0.571. The lowest BCUT2D eigenvalue weighted by molar-refractivity contribution is -0.126. The molecule has 0 aliphatic rings. The van der Waals surface area contributed by atoms with E-state index in [4.69, 9.17) is 9.47 Å². The number of Topliss-reactive ketones (excluding diaryl/α,β-unsaturated/α-hetero) is 1. The highest BCUT2D eigenvalue weighted by Gasteiger charge is 2.26. The number of ether oxygens (including phenoxy) is 2. The Morgan fingerprint density at radius 1 is 0.789 bits per heavy atom. The number of benzene rings is 2. The van der Waals surface area contributed by atoms with Gasteiger partial charge in [-0.25, -0.2) is 0 Å². The molecule has 0 aliphatic heterocycles. The number of hydrogen-bond donors (Lipinski definition) is 0. The van der Waals surface area contributed by atoms with Crippen molar-refractivity contribution < 1.29 is 14.3 Å². The van der Waals surface area contributed by atoms with Crippen LogP contribution in [0.1, 0.15) is 105 Å². The molecule has 0 fully saturated rings. The molecule has 1 unspecified atom stereocenters. The van der Waals surface area contributed by atoms with E-state index in [1.54, 1.807) is 6.92 Å². The molecule has 0 radical (unpaired) electrons. The highest BCUT2D eigenvalue weighted by Crippen LogP contribution is 2.30. The summed E-state index contributed by atoms with van der Waals surface area (Å²) in [6.07, 6.45) is 7.48. The second kappa shape index (κ2) is 20.6. The Morgan fingerprint density at radius 2 is 1.34 bits per heavy atom. The van der Waals surface area contributed by atoms with Crippen LogP contribution in [0.2, 0.25) is 0 Å². The first-order valence-electron chi connectivity index (χ1n) is 14.5. The topological polar surface area (TPSA) is 35.5 Å². The van der Waals surface area contributed by atoms with Crippen molar-refractivity contribution in [1.29, 1.82) is 0 Å². The van der Waals surface area contributed by atoms with E-state index >= 15 is 0 Å². The Hall–Kier alpha value is -2.39. The molecule has 0 N–H and O–H groups in total. The fourth-order valence-electron chi connectivity index (χ4n) is 3.62. The van der Waals surface area contributed by atoms with Crippen LogP contribution in [0.5, 0.6) is 0 Å². The minimum Gasteiger partial charge on any atom is -0.493 e. The van der Waals surface area contributed by atoms with Crippen LogP contribution in [0.25, 0.3) is 0 Å². The predicted molar refractivity (Wildman–Crippen MR) is 164 cm³/mol. The third-order valence-electron chi connectivity index (χ3n) is 7.21. The lowest BCUT2D eigenvalue weighted by atomic mass is 9.80. The Balaban J connectivity index is 0.000000629. The van der Waals surface area contributed by atoms with Gasteiger partial charge in [-0.05, 0) is 50.2 Å². The van der Waals surface area contributed by atoms with Crippen LogP contribution in [0.3, 0.4) is 0 Å². The minimum atomic E-state index is -0.0546. The molecule has 3 nitrogen and oxygen atoms in total. The zero-order valence-corrected chi connectivity index (χ0v) is 25.8. The summed E-state index contributed by atoms with van der Waals surface area (Å²) in [5.41, 5.74) is 2.48. The normalized spacial score (nSPS) is 12.2. The van der Waals surface area contributed by atoms with Crippen LogP contribution in [-0.2, 0) is 27.3 Å². The SMILES string of the molecule is C=C(OCc1ccccc1)C(C)(C)CCOCCCC.CCCC(C)(CC)C(C)=O.CCc1ccccc1. The number of carbonyl (C=O) groups is 1. The molecule has 0 heterocycles. The minimum absolute atomic E-state index is 0.0469. The van der Waals surface area contributed by atoms with Crippen molar-refractivity contribution in [1.82, 2.24) is 0 Å². The van der Waals surface area contributed by atoms with Crippen LogP contribution < -0.4 is 0 Å². The summed E-state index contributed by atoms with van der Waals surface area (Å²) in [4.78, 5) is 11.1. The molecule has 1 atom stereocenters. The smallest absolute Gasteiger partial charge is 0.135 e. The van der Waals surface area contributed by atoms with Gasteiger partial charge in [0.2, 0.25) is 0 Å². The van der Waals surface area contributed by atoms with Crippen molar-refractivity contribution in [2.75, 3.05) is 13.2 Å². The molecular formula is C35H56O3. The summed E-state index contributed by atoms with van der Waals surface area (Å²) in [5, 5.41) is 0. The fourth-order valence-corrected chi connectivity index (χ4v) is 3.62. The summed E-state index contributed by atoms with van der Waals surface area (Å²) < 4.78 is 11.4. The predicted octanol–water partition coefficient (Wildman–Crippen LogP) is 9.99. The number of ketones is 1. The lowest BCUT2D eigenvalue weighted by Gasteiger charge is -2.27. The van der Waals surface area contributed by atoms with E-state index in [9.17, 15) is 4.79 Å². The zero-order chi connectivity index (χ0) is 28.9. The van der Waals surface area contributed by atoms with E-state index < -0.39 is 0 Å². The Bertz CT molecular complexity index is 857. The van der Waals surface area contributed by atoms with Crippen molar-refractivity contribution in [3.8, 4) is 0 Å². The van der Waals surface area contributed by atoms with Gasteiger partial charge in [-0.2, -0.15) is 0 Å². The summed E-state index contributed by atoms with van der Waals surface area (Å²) >= 11 is 0. The van der Waals surface area contributed by atoms with Crippen LogP contribution in [0, 0.1) is 10.8 Å². The average molecular weight is 525 g/mol. The van der Waals surface area contributed by atoms with Crippen LogP contribution in [-0.4, -0.2) is 19.0 Å². The van der Waals surface area contributed by atoms with E-state index in [0.717, 1.165) is 57.5 Å². The van der Waals surface area contributed by atoms with E-state index in [1.807, 2.05) is 24.3 Å². The first-order valence-corrected chi connectivity index (χ1v) is 14.5. The standard InChI is InChI=1S/C18H28O2.C9H18O.C8H10/c1-5-6-13-19-14-12-18(3,4)16(2)20-15-17-10-8-7-9-11-17;1-5-7-9(4,6-2)8(3)10;1-2-8-6-4-3-5-7-8/h7-11H,2,5-6,12-15H2,1,3-4H3;5-7H2,1-4H3;3-7H,2H2,1H3. The monoisotopic (exact) mass is 524 g/mol. The molecule has 0 aromatic heterocycles. The highest BCUT2D eigenvalue weighted by molar-refractivity contribution is 5.81. The van der Waals surface area contributed by atoms with E-state index in [2.05, 4.69) is 91.4 Å². The summed E-state index contributed by atoms with van der Waals surface area (Å²) in [5.74, 6) is 1.16. The molecule has 2 rings (SSSR count). The molecule has 2 aromatic rings. The number of aryl methyl sites for hydroxylation is 1. The van der Waals surface area contributed by atoms with Gasteiger partial charge in [0.05, 0.1) is 5.76 Å². The Morgan fingerprint density at radius 3 is 1.74 bits per heavy atom. The maximum Gasteiger partial charge on any atom is 0.135 e. The van der Waals surface area contributed by atoms with Gasteiger partial charge in [-0.3, -0.25) is 4.79 Å². The van der Waals surface area contributed by atoms with Gasteiger partial charge < -0.3 is 9.47 Å².